The molecular formula is C30H27N7O. The lowest BCUT2D eigenvalue weighted by Crippen LogP contribution is -2.46. The molecule has 1 saturated heterocycles. The van der Waals surface area contributed by atoms with Gasteiger partial charge in [0.25, 0.3) is 0 Å². The molecule has 8 heteroatoms. The Kier molecular flexibility index (Phi) is 6.59. The minimum atomic E-state index is -0.0686. The molecule has 5 aromatic rings. The van der Waals surface area contributed by atoms with Gasteiger partial charge >= 0.3 is 0 Å². The molecule has 1 N–H and O–H groups in total. The van der Waals surface area contributed by atoms with Gasteiger partial charge in [-0.05, 0) is 59.2 Å². The maximum absolute atomic E-state index is 12.4. The van der Waals surface area contributed by atoms with Gasteiger partial charge in [0.2, 0.25) is 5.91 Å². The van der Waals surface area contributed by atoms with Crippen LogP contribution in [-0.2, 0) is 11.2 Å². The van der Waals surface area contributed by atoms with E-state index in [9.17, 15) is 4.79 Å². The van der Waals surface area contributed by atoms with Crippen LogP contribution in [0, 0.1) is 0 Å². The fourth-order valence-electron chi connectivity index (χ4n) is 4.72. The van der Waals surface area contributed by atoms with Gasteiger partial charge in [-0.3, -0.25) is 19.7 Å². The molecule has 1 aliphatic rings. The zero-order valence-corrected chi connectivity index (χ0v) is 20.9. The number of hydrogen-bond acceptors (Lipinski definition) is 7. The number of carbonyl (C=O) groups excluding carboxylic acids is 1. The standard InChI is InChI=1S/C30H27N7O/c38-30(18-22-2-1-11-32-20-22)34-25-6-3-23(4-7-25)24-5-8-27-28(19-24)35-29(21-33-27)37-16-14-36(15-17-37)26-9-12-31-13-10-26/h1-13,19-21H,14-18H2,(H,34,38). The maximum Gasteiger partial charge on any atom is 0.228 e. The summed E-state index contributed by atoms with van der Waals surface area (Å²) in [4.78, 5) is 34.8. The van der Waals surface area contributed by atoms with Crippen LogP contribution in [0.2, 0.25) is 0 Å². The van der Waals surface area contributed by atoms with E-state index >= 15 is 0 Å². The Balaban J connectivity index is 1.13. The highest BCUT2D eigenvalue weighted by atomic mass is 16.1. The molecule has 0 unspecified atom stereocenters. The number of amides is 1. The van der Waals surface area contributed by atoms with Crippen LogP contribution in [0.15, 0.2) is 97.7 Å². The van der Waals surface area contributed by atoms with Crippen LogP contribution >= 0.6 is 0 Å². The second kappa shape index (κ2) is 10.6. The van der Waals surface area contributed by atoms with Crippen LogP contribution in [0.3, 0.4) is 0 Å². The normalized spacial score (nSPS) is 13.5. The van der Waals surface area contributed by atoms with Gasteiger partial charge in [0.1, 0.15) is 5.82 Å². The predicted molar refractivity (Wildman–Crippen MR) is 150 cm³/mol. The van der Waals surface area contributed by atoms with Crippen molar-refractivity contribution in [1.82, 2.24) is 19.9 Å². The first-order chi connectivity index (χ1) is 18.7. The van der Waals surface area contributed by atoms with Crippen LogP contribution in [0.1, 0.15) is 5.56 Å². The van der Waals surface area contributed by atoms with Crippen LogP contribution < -0.4 is 15.1 Å². The molecule has 1 aliphatic heterocycles. The summed E-state index contributed by atoms with van der Waals surface area (Å²) in [5.74, 6) is 0.830. The largest absolute Gasteiger partial charge is 0.368 e. The van der Waals surface area contributed by atoms with Crippen molar-refractivity contribution in [3.8, 4) is 11.1 Å². The fourth-order valence-corrected chi connectivity index (χ4v) is 4.72. The quantitative estimate of drug-likeness (QED) is 0.364. The fraction of sp³-hybridized carbons (Fsp3) is 0.167. The lowest BCUT2D eigenvalue weighted by atomic mass is 10.0. The van der Waals surface area contributed by atoms with E-state index in [4.69, 9.17) is 4.98 Å². The van der Waals surface area contributed by atoms with E-state index in [2.05, 4.69) is 54.3 Å². The summed E-state index contributed by atoms with van der Waals surface area (Å²) in [6, 6.07) is 21.8. The number of benzene rings is 2. The Morgan fingerprint density at radius 1 is 0.763 bits per heavy atom. The van der Waals surface area contributed by atoms with Gasteiger partial charge in [-0.2, -0.15) is 0 Å². The van der Waals surface area contributed by atoms with E-state index in [-0.39, 0.29) is 5.91 Å². The zero-order chi connectivity index (χ0) is 25.7. The van der Waals surface area contributed by atoms with Crippen molar-refractivity contribution in [2.24, 2.45) is 0 Å². The third kappa shape index (κ3) is 5.29. The first-order valence-corrected chi connectivity index (χ1v) is 12.7. The van der Waals surface area contributed by atoms with E-state index in [1.165, 1.54) is 5.69 Å². The van der Waals surface area contributed by atoms with Crippen molar-refractivity contribution in [3.05, 3.63) is 103 Å². The average Bonchev–Trinajstić information content (AvgIpc) is 2.98. The summed E-state index contributed by atoms with van der Waals surface area (Å²) >= 11 is 0. The first kappa shape index (κ1) is 23.5. The van der Waals surface area contributed by atoms with E-state index in [0.717, 1.165) is 65.4 Å². The van der Waals surface area contributed by atoms with Crippen LogP contribution in [0.5, 0.6) is 0 Å². The molecule has 1 amide bonds. The molecule has 38 heavy (non-hydrogen) atoms. The number of aromatic nitrogens is 4. The Labute approximate surface area is 221 Å². The topological polar surface area (TPSA) is 87.1 Å². The molecule has 0 radical (unpaired) electrons. The van der Waals surface area contributed by atoms with Gasteiger partial charge < -0.3 is 15.1 Å². The van der Waals surface area contributed by atoms with Gasteiger partial charge in [-0.1, -0.05) is 24.3 Å². The Morgan fingerprint density at radius 2 is 1.53 bits per heavy atom. The molecule has 0 saturated carbocycles. The molecule has 2 aromatic carbocycles. The van der Waals surface area contributed by atoms with E-state index < -0.39 is 0 Å². The molecule has 0 aliphatic carbocycles. The molecule has 0 spiro atoms. The second-order valence-corrected chi connectivity index (χ2v) is 9.27. The lowest BCUT2D eigenvalue weighted by molar-refractivity contribution is -0.115. The molecule has 3 aromatic heterocycles. The molecule has 6 rings (SSSR count). The van der Waals surface area contributed by atoms with Crippen LogP contribution in [-0.4, -0.2) is 52.0 Å². The van der Waals surface area contributed by atoms with Gasteiger partial charge in [0.15, 0.2) is 0 Å². The summed E-state index contributed by atoms with van der Waals surface area (Å²) in [6.45, 7) is 3.62. The van der Waals surface area contributed by atoms with Crippen molar-refractivity contribution in [2.75, 3.05) is 41.3 Å². The summed E-state index contributed by atoms with van der Waals surface area (Å²) < 4.78 is 0. The summed E-state index contributed by atoms with van der Waals surface area (Å²) in [5, 5.41) is 2.95. The highest BCUT2D eigenvalue weighted by Crippen LogP contribution is 2.26. The molecule has 8 nitrogen and oxygen atoms in total. The Hall–Kier alpha value is -4.85. The van der Waals surface area contributed by atoms with E-state index in [1.807, 2.05) is 61.1 Å². The third-order valence-electron chi connectivity index (χ3n) is 6.75. The third-order valence-corrected chi connectivity index (χ3v) is 6.75. The van der Waals surface area contributed by atoms with E-state index in [0.29, 0.717) is 6.42 Å². The highest BCUT2D eigenvalue weighted by molar-refractivity contribution is 5.92. The first-order valence-electron chi connectivity index (χ1n) is 12.7. The van der Waals surface area contributed by atoms with Crippen LogP contribution in [0.25, 0.3) is 22.2 Å². The Bertz CT molecular complexity index is 1530. The minimum absolute atomic E-state index is 0.0686. The van der Waals surface area contributed by atoms with Gasteiger partial charge in [0, 0.05) is 62.3 Å². The number of nitrogens with one attached hydrogen (secondary N) is 1. The van der Waals surface area contributed by atoms with E-state index in [1.54, 1.807) is 12.4 Å². The molecule has 4 heterocycles. The Morgan fingerprint density at radius 3 is 2.29 bits per heavy atom. The number of nitrogens with zero attached hydrogens (tertiary/aromatic N) is 6. The molecule has 0 bridgehead atoms. The predicted octanol–water partition coefficient (Wildman–Crippen LogP) is 4.59. The smallest absolute Gasteiger partial charge is 0.228 e. The van der Waals surface area contributed by atoms with Crippen molar-refractivity contribution < 1.29 is 4.79 Å². The number of rotatable bonds is 6. The minimum Gasteiger partial charge on any atom is -0.368 e. The molecule has 0 atom stereocenters. The number of carbonyl (C=O) groups is 1. The molecule has 1 fully saturated rings. The summed E-state index contributed by atoms with van der Waals surface area (Å²) in [5.41, 5.74) is 6.69. The van der Waals surface area contributed by atoms with Crippen LogP contribution in [0.4, 0.5) is 17.2 Å². The average molecular weight is 502 g/mol. The number of piperazine rings is 1. The van der Waals surface area contributed by atoms with Crippen molar-refractivity contribution in [3.63, 3.8) is 0 Å². The SMILES string of the molecule is O=C(Cc1cccnc1)Nc1ccc(-c2ccc3ncc(N4CCN(c5ccncc5)CC4)nc3c2)cc1. The highest BCUT2D eigenvalue weighted by Gasteiger charge is 2.19. The molecule has 188 valence electrons. The lowest BCUT2D eigenvalue weighted by Gasteiger charge is -2.36. The number of fused-ring (bicyclic) bond motifs is 1. The second-order valence-electron chi connectivity index (χ2n) is 9.27. The van der Waals surface area contributed by atoms with Crippen molar-refractivity contribution in [1.29, 1.82) is 0 Å². The monoisotopic (exact) mass is 501 g/mol. The maximum atomic E-state index is 12.4. The number of hydrogen-bond donors (Lipinski definition) is 1. The summed E-state index contributed by atoms with van der Waals surface area (Å²) in [6.07, 6.45) is 9.24. The van der Waals surface area contributed by atoms with Gasteiger partial charge in [-0.15, -0.1) is 0 Å². The number of pyridine rings is 2. The number of anilines is 3. The zero-order valence-electron chi connectivity index (χ0n) is 20.9. The molecular weight excluding hydrogens is 474 g/mol. The van der Waals surface area contributed by atoms with Gasteiger partial charge in [0.05, 0.1) is 23.7 Å². The summed E-state index contributed by atoms with van der Waals surface area (Å²) in [7, 11) is 0. The van der Waals surface area contributed by atoms with Gasteiger partial charge in [-0.25, -0.2) is 4.98 Å². The van der Waals surface area contributed by atoms with Crippen molar-refractivity contribution in [2.45, 2.75) is 6.42 Å². The van der Waals surface area contributed by atoms with Crippen molar-refractivity contribution >= 4 is 34.1 Å².